The second kappa shape index (κ2) is 4.06. The average Bonchev–Trinajstić information content (AvgIpc) is 2.58. The van der Waals surface area contributed by atoms with Crippen LogP contribution < -0.4 is 5.73 Å². The molecule has 0 unspecified atom stereocenters. The fourth-order valence-electron chi connectivity index (χ4n) is 1.66. The number of likely N-dealkylation sites (tertiary alicyclic amines) is 1. The van der Waals surface area contributed by atoms with Gasteiger partial charge in [-0.2, -0.15) is 0 Å². The lowest BCUT2D eigenvalue weighted by atomic mass is 10.3. The minimum Gasteiger partial charge on any atom is -0.384 e. The number of pyridine rings is 1. The molecule has 1 amide bonds. The van der Waals surface area contributed by atoms with Crippen LogP contribution in [-0.2, 0) is 11.3 Å². The number of hydrogen-bond donors (Lipinski definition) is 1. The first-order valence-corrected chi connectivity index (χ1v) is 5.23. The molecule has 1 aliphatic rings. The van der Waals surface area contributed by atoms with E-state index in [2.05, 4.69) is 4.98 Å². The molecule has 1 aliphatic heterocycles. The summed E-state index contributed by atoms with van der Waals surface area (Å²) in [6.45, 7) is 1.24. The molecule has 0 radical (unpaired) electrons. The summed E-state index contributed by atoms with van der Waals surface area (Å²) in [5.74, 6) is 0.594. The largest absolute Gasteiger partial charge is 0.384 e. The van der Waals surface area contributed by atoms with Crippen LogP contribution in [0.25, 0.3) is 0 Å². The molecule has 0 bridgehead atoms. The van der Waals surface area contributed by atoms with Gasteiger partial charge in [-0.3, -0.25) is 4.79 Å². The molecule has 2 rings (SSSR count). The first-order valence-electron chi connectivity index (χ1n) is 4.85. The Kier molecular flexibility index (Phi) is 2.77. The highest BCUT2D eigenvalue weighted by atomic mass is 35.5. The molecule has 1 saturated heterocycles. The van der Waals surface area contributed by atoms with Crippen molar-refractivity contribution >= 4 is 23.3 Å². The molecular weight excluding hydrogens is 214 g/mol. The third kappa shape index (κ3) is 2.21. The van der Waals surface area contributed by atoms with Crippen molar-refractivity contribution in [1.82, 2.24) is 9.88 Å². The van der Waals surface area contributed by atoms with Crippen molar-refractivity contribution in [3.8, 4) is 0 Å². The van der Waals surface area contributed by atoms with Crippen molar-refractivity contribution in [2.75, 3.05) is 12.3 Å². The van der Waals surface area contributed by atoms with Crippen LogP contribution in [0.5, 0.6) is 0 Å². The maximum atomic E-state index is 11.4. The van der Waals surface area contributed by atoms with E-state index in [1.54, 1.807) is 17.0 Å². The summed E-state index contributed by atoms with van der Waals surface area (Å²) in [4.78, 5) is 17.3. The maximum Gasteiger partial charge on any atom is 0.222 e. The van der Waals surface area contributed by atoms with E-state index in [0.717, 1.165) is 13.0 Å². The number of nitrogen functional groups attached to an aromatic ring is 1. The Morgan fingerprint density at radius 1 is 1.53 bits per heavy atom. The van der Waals surface area contributed by atoms with Crippen LogP contribution in [0.3, 0.4) is 0 Å². The second-order valence-electron chi connectivity index (χ2n) is 3.58. The van der Waals surface area contributed by atoms with E-state index in [4.69, 9.17) is 17.3 Å². The molecule has 0 aromatic carbocycles. The number of nitrogens with two attached hydrogens (primary N) is 1. The molecule has 2 N–H and O–H groups in total. The van der Waals surface area contributed by atoms with E-state index in [9.17, 15) is 4.79 Å². The van der Waals surface area contributed by atoms with Gasteiger partial charge in [0.25, 0.3) is 0 Å². The number of aromatic nitrogens is 1. The lowest BCUT2D eigenvalue weighted by Gasteiger charge is -2.15. The molecule has 0 atom stereocenters. The Bertz CT molecular complexity index is 394. The molecule has 1 aromatic rings. The van der Waals surface area contributed by atoms with Crippen LogP contribution in [0.15, 0.2) is 12.1 Å². The molecule has 1 aromatic heterocycles. The normalized spacial score (nSPS) is 16.1. The van der Waals surface area contributed by atoms with E-state index in [1.807, 2.05) is 0 Å². The van der Waals surface area contributed by atoms with Gasteiger partial charge in [-0.1, -0.05) is 11.6 Å². The molecular formula is C10H12ClN3O. The Morgan fingerprint density at radius 2 is 2.33 bits per heavy atom. The molecule has 1 fully saturated rings. The monoisotopic (exact) mass is 225 g/mol. The third-order valence-electron chi connectivity index (χ3n) is 2.45. The molecule has 80 valence electrons. The van der Waals surface area contributed by atoms with Gasteiger partial charge in [-0.05, 0) is 18.6 Å². The number of nitrogens with zero attached hydrogens (tertiary/aromatic N) is 2. The average molecular weight is 226 g/mol. The molecule has 0 aliphatic carbocycles. The van der Waals surface area contributed by atoms with Crippen LogP contribution in [0, 0.1) is 0 Å². The summed E-state index contributed by atoms with van der Waals surface area (Å²) >= 11 is 5.97. The summed E-state index contributed by atoms with van der Waals surface area (Å²) in [6, 6.07) is 3.36. The van der Waals surface area contributed by atoms with E-state index in [-0.39, 0.29) is 5.91 Å². The van der Waals surface area contributed by atoms with Crippen LogP contribution in [-0.4, -0.2) is 22.3 Å². The number of rotatable bonds is 2. The van der Waals surface area contributed by atoms with E-state index >= 15 is 0 Å². The standard InChI is InChI=1S/C10H12ClN3O/c11-7-3-4-9(12)13-8(7)6-14-5-1-2-10(14)15/h3-4H,1-2,5-6H2,(H2,12,13). The number of anilines is 1. The third-order valence-corrected chi connectivity index (χ3v) is 2.80. The van der Waals surface area contributed by atoms with Crippen LogP contribution in [0.2, 0.25) is 5.02 Å². The van der Waals surface area contributed by atoms with Crippen molar-refractivity contribution in [2.24, 2.45) is 0 Å². The quantitative estimate of drug-likeness (QED) is 0.829. The summed E-state index contributed by atoms with van der Waals surface area (Å²) in [5.41, 5.74) is 6.24. The Balaban J connectivity index is 2.16. The highest BCUT2D eigenvalue weighted by Gasteiger charge is 2.21. The first-order chi connectivity index (χ1) is 7.16. The SMILES string of the molecule is Nc1ccc(Cl)c(CN2CCCC2=O)n1. The van der Waals surface area contributed by atoms with Gasteiger partial charge in [0.1, 0.15) is 5.82 Å². The van der Waals surface area contributed by atoms with Gasteiger partial charge in [0.15, 0.2) is 0 Å². The summed E-state index contributed by atoms with van der Waals surface area (Å²) in [6.07, 6.45) is 1.54. The molecule has 4 nitrogen and oxygen atoms in total. The van der Waals surface area contributed by atoms with Gasteiger partial charge in [-0.25, -0.2) is 4.98 Å². The van der Waals surface area contributed by atoms with Gasteiger partial charge in [-0.15, -0.1) is 0 Å². The van der Waals surface area contributed by atoms with Crippen molar-refractivity contribution in [3.05, 3.63) is 22.8 Å². The second-order valence-corrected chi connectivity index (χ2v) is 3.99. The minimum atomic E-state index is 0.162. The number of amides is 1. The Labute approximate surface area is 93.0 Å². The van der Waals surface area contributed by atoms with Gasteiger partial charge >= 0.3 is 0 Å². The lowest BCUT2D eigenvalue weighted by Crippen LogP contribution is -2.24. The van der Waals surface area contributed by atoms with E-state index in [0.29, 0.717) is 29.5 Å². The predicted octanol–water partition coefficient (Wildman–Crippen LogP) is 1.44. The molecule has 0 spiro atoms. The summed E-state index contributed by atoms with van der Waals surface area (Å²) in [5, 5.41) is 0.559. The highest BCUT2D eigenvalue weighted by molar-refractivity contribution is 6.31. The zero-order valence-corrected chi connectivity index (χ0v) is 9.00. The summed E-state index contributed by atoms with van der Waals surface area (Å²) in [7, 11) is 0. The van der Waals surface area contributed by atoms with Gasteiger partial charge in [0.05, 0.1) is 17.3 Å². The topological polar surface area (TPSA) is 59.2 Å². The van der Waals surface area contributed by atoms with Crippen molar-refractivity contribution < 1.29 is 4.79 Å². The van der Waals surface area contributed by atoms with E-state index < -0.39 is 0 Å². The molecule has 15 heavy (non-hydrogen) atoms. The van der Waals surface area contributed by atoms with Crippen molar-refractivity contribution in [1.29, 1.82) is 0 Å². The number of hydrogen-bond acceptors (Lipinski definition) is 3. The molecule has 2 heterocycles. The van der Waals surface area contributed by atoms with Crippen molar-refractivity contribution in [2.45, 2.75) is 19.4 Å². The number of carbonyl (C=O) groups excluding carboxylic acids is 1. The Hall–Kier alpha value is -1.29. The van der Waals surface area contributed by atoms with Gasteiger partial charge in [0, 0.05) is 13.0 Å². The predicted molar refractivity (Wildman–Crippen MR) is 58.3 cm³/mol. The minimum absolute atomic E-state index is 0.162. The number of halogens is 1. The van der Waals surface area contributed by atoms with Gasteiger partial charge < -0.3 is 10.6 Å². The lowest BCUT2D eigenvalue weighted by molar-refractivity contribution is -0.128. The highest BCUT2D eigenvalue weighted by Crippen LogP contribution is 2.19. The fraction of sp³-hybridized carbons (Fsp3) is 0.400. The zero-order chi connectivity index (χ0) is 10.8. The van der Waals surface area contributed by atoms with Crippen LogP contribution in [0.1, 0.15) is 18.5 Å². The van der Waals surface area contributed by atoms with Crippen LogP contribution in [0.4, 0.5) is 5.82 Å². The smallest absolute Gasteiger partial charge is 0.222 e. The molecule has 0 saturated carbocycles. The Morgan fingerprint density at radius 3 is 3.00 bits per heavy atom. The maximum absolute atomic E-state index is 11.4. The van der Waals surface area contributed by atoms with E-state index in [1.165, 1.54) is 0 Å². The van der Waals surface area contributed by atoms with Crippen molar-refractivity contribution in [3.63, 3.8) is 0 Å². The van der Waals surface area contributed by atoms with Gasteiger partial charge in [0.2, 0.25) is 5.91 Å². The number of carbonyl (C=O) groups is 1. The first kappa shape index (κ1) is 10.2. The fourth-order valence-corrected chi connectivity index (χ4v) is 1.83. The summed E-state index contributed by atoms with van der Waals surface area (Å²) < 4.78 is 0. The van der Waals surface area contributed by atoms with Crippen LogP contribution >= 0.6 is 11.6 Å². The molecule has 5 heteroatoms. The zero-order valence-electron chi connectivity index (χ0n) is 8.24.